The molecule has 120 valence electrons. The molecule has 2 fully saturated rings. The van der Waals surface area contributed by atoms with Crippen LogP contribution in [0, 0.1) is 0 Å². The Morgan fingerprint density at radius 3 is 2.18 bits per heavy atom. The molecular weight excluding hydrogens is 293 g/mol. The number of nitrogens with zero attached hydrogens (tertiary/aromatic N) is 1. The summed E-state index contributed by atoms with van der Waals surface area (Å²) < 4.78 is 12.2. The van der Waals surface area contributed by atoms with Crippen LogP contribution in [0.2, 0.25) is 0 Å². The predicted molar refractivity (Wildman–Crippen MR) is 96.3 cm³/mol. The van der Waals surface area contributed by atoms with E-state index in [-0.39, 0.29) is 18.3 Å². The van der Waals surface area contributed by atoms with Gasteiger partial charge in [0.2, 0.25) is 0 Å². The van der Waals surface area contributed by atoms with E-state index < -0.39 is 0 Å². The summed E-state index contributed by atoms with van der Waals surface area (Å²) in [6.07, 6.45) is 3.48. The minimum absolute atomic E-state index is 0.267. The van der Waals surface area contributed by atoms with Crippen LogP contribution >= 0.6 is 11.8 Å². The average Bonchev–Trinajstić information content (AvgIpc) is 3.02. The van der Waals surface area contributed by atoms with Crippen molar-refractivity contribution in [2.24, 2.45) is 0 Å². The molecule has 0 amide bonds. The Balaban J connectivity index is 1.71. The van der Waals surface area contributed by atoms with Gasteiger partial charge in [0.25, 0.3) is 0 Å². The molecule has 0 aromatic heterocycles. The van der Waals surface area contributed by atoms with Crippen LogP contribution < -0.4 is 10.4 Å². The maximum absolute atomic E-state index is 6.11. The van der Waals surface area contributed by atoms with E-state index >= 15 is 0 Å². The molecule has 0 bridgehead atoms. The first kappa shape index (κ1) is 16.2. The average molecular weight is 319 g/mol. The quantitative estimate of drug-likeness (QED) is 0.799. The first-order valence-electron chi connectivity index (χ1n) is 8.06. The van der Waals surface area contributed by atoms with E-state index in [1.165, 1.54) is 12.1 Å². The first-order chi connectivity index (χ1) is 10.3. The zero-order valence-electron chi connectivity index (χ0n) is 14.3. The zero-order chi connectivity index (χ0) is 16.0. The largest absolute Gasteiger partial charge is 0.494 e. The van der Waals surface area contributed by atoms with E-state index in [1.807, 2.05) is 11.8 Å². The van der Waals surface area contributed by atoms with Crippen LogP contribution in [0.5, 0.6) is 0 Å². The fraction of sp³-hybridized carbons (Fsp3) is 0.647. The molecule has 1 aromatic carbocycles. The van der Waals surface area contributed by atoms with E-state index in [0.29, 0.717) is 0 Å². The summed E-state index contributed by atoms with van der Waals surface area (Å²) in [7, 11) is -0.267. The molecule has 2 aliphatic heterocycles. The summed E-state index contributed by atoms with van der Waals surface area (Å²) in [5, 5.41) is 0.766. The number of hydrogen-bond donors (Lipinski definition) is 0. The maximum atomic E-state index is 6.11. The Hall–Kier alpha value is -0.645. The molecule has 0 radical (unpaired) electrons. The van der Waals surface area contributed by atoms with Crippen molar-refractivity contribution in [2.45, 2.75) is 50.6 Å². The van der Waals surface area contributed by atoms with Crippen LogP contribution in [-0.4, -0.2) is 42.9 Å². The van der Waals surface area contributed by atoms with Gasteiger partial charge in [-0.1, -0.05) is 12.1 Å². The second-order valence-electron chi connectivity index (χ2n) is 7.27. The minimum atomic E-state index is -0.281. The molecule has 5 heteroatoms. The van der Waals surface area contributed by atoms with Crippen molar-refractivity contribution in [1.82, 2.24) is 0 Å². The molecule has 3 rings (SSSR count). The number of rotatable bonds is 3. The number of benzene rings is 1. The highest BCUT2D eigenvalue weighted by atomic mass is 32.2. The van der Waals surface area contributed by atoms with Gasteiger partial charge in [0.1, 0.15) is 0 Å². The van der Waals surface area contributed by atoms with E-state index in [0.717, 1.165) is 23.8 Å². The second-order valence-corrected chi connectivity index (χ2v) is 8.41. The molecule has 2 aliphatic rings. The van der Waals surface area contributed by atoms with Crippen molar-refractivity contribution < 1.29 is 9.31 Å². The Labute approximate surface area is 138 Å². The summed E-state index contributed by atoms with van der Waals surface area (Å²) >= 11 is 1.97. The number of anilines is 1. The molecule has 0 N–H and O–H groups in total. The molecule has 1 aromatic rings. The molecule has 3 nitrogen and oxygen atoms in total. The Morgan fingerprint density at radius 1 is 1.09 bits per heavy atom. The van der Waals surface area contributed by atoms with Gasteiger partial charge in [0.15, 0.2) is 0 Å². The molecular formula is C17H26BNO2S. The van der Waals surface area contributed by atoms with Gasteiger partial charge in [-0.3, -0.25) is 0 Å². The van der Waals surface area contributed by atoms with Gasteiger partial charge in [0.05, 0.1) is 11.2 Å². The third-order valence-electron chi connectivity index (χ3n) is 5.26. The summed E-state index contributed by atoms with van der Waals surface area (Å²) in [4.78, 5) is 2.47. The van der Waals surface area contributed by atoms with Crippen molar-refractivity contribution in [2.75, 3.05) is 24.2 Å². The molecule has 1 unspecified atom stereocenters. The van der Waals surface area contributed by atoms with E-state index in [9.17, 15) is 0 Å². The highest BCUT2D eigenvalue weighted by Gasteiger charge is 2.51. The van der Waals surface area contributed by atoms with Gasteiger partial charge < -0.3 is 14.2 Å². The van der Waals surface area contributed by atoms with Crippen LogP contribution in [0.25, 0.3) is 0 Å². The number of thioether (sulfide) groups is 1. The van der Waals surface area contributed by atoms with Crippen LogP contribution in [0.3, 0.4) is 0 Å². The van der Waals surface area contributed by atoms with E-state index in [2.05, 4.69) is 63.1 Å². The fourth-order valence-electron chi connectivity index (χ4n) is 2.98. The summed E-state index contributed by atoms with van der Waals surface area (Å²) in [5.74, 6) is 0. The smallest absolute Gasteiger partial charge is 0.399 e. The maximum Gasteiger partial charge on any atom is 0.494 e. The van der Waals surface area contributed by atoms with Crippen molar-refractivity contribution in [1.29, 1.82) is 0 Å². The van der Waals surface area contributed by atoms with Crippen molar-refractivity contribution >= 4 is 30.0 Å². The third kappa shape index (κ3) is 2.91. The molecule has 2 saturated heterocycles. The molecule has 22 heavy (non-hydrogen) atoms. The van der Waals surface area contributed by atoms with Gasteiger partial charge in [-0.2, -0.15) is 11.8 Å². The Bertz CT molecular complexity index is 516. The van der Waals surface area contributed by atoms with Crippen LogP contribution in [0.4, 0.5) is 5.69 Å². The van der Waals surface area contributed by atoms with E-state index in [1.54, 1.807) is 0 Å². The standard InChI is InChI=1S/C17H26BNO2S/c1-16(2)17(3,4)21-18(20-16)13-6-8-14(9-7-13)19-11-10-15(12-19)22-5/h6-9,15H,10-12H2,1-5H3. The lowest BCUT2D eigenvalue weighted by atomic mass is 9.79. The second kappa shape index (κ2) is 5.77. The lowest BCUT2D eigenvalue weighted by molar-refractivity contribution is 0.00578. The Kier molecular flexibility index (Phi) is 4.25. The van der Waals surface area contributed by atoms with Crippen LogP contribution in [-0.2, 0) is 9.31 Å². The van der Waals surface area contributed by atoms with Gasteiger partial charge >= 0.3 is 7.12 Å². The summed E-state index contributed by atoms with van der Waals surface area (Å²) in [6, 6.07) is 8.68. The molecule has 0 aliphatic carbocycles. The molecule has 0 saturated carbocycles. The minimum Gasteiger partial charge on any atom is -0.399 e. The van der Waals surface area contributed by atoms with Gasteiger partial charge in [0, 0.05) is 24.0 Å². The zero-order valence-corrected chi connectivity index (χ0v) is 15.1. The van der Waals surface area contributed by atoms with Crippen molar-refractivity contribution in [3.63, 3.8) is 0 Å². The lowest BCUT2D eigenvalue weighted by Gasteiger charge is -2.32. The van der Waals surface area contributed by atoms with Gasteiger partial charge in [-0.05, 0) is 58.0 Å². The molecule has 1 atom stereocenters. The summed E-state index contributed by atoms with van der Waals surface area (Å²) in [5.41, 5.74) is 1.84. The fourth-order valence-corrected chi connectivity index (χ4v) is 3.65. The lowest BCUT2D eigenvalue weighted by Crippen LogP contribution is -2.41. The van der Waals surface area contributed by atoms with Crippen molar-refractivity contribution in [3.05, 3.63) is 24.3 Å². The summed E-state index contributed by atoms with van der Waals surface area (Å²) in [6.45, 7) is 10.7. The highest BCUT2D eigenvalue weighted by molar-refractivity contribution is 7.99. The highest BCUT2D eigenvalue weighted by Crippen LogP contribution is 2.36. The SMILES string of the molecule is CSC1CCN(c2ccc(B3OC(C)(C)C(C)(C)O3)cc2)C1. The normalized spacial score (nSPS) is 26.7. The number of hydrogen-bond acceptors (Lipinski definition) is 4. The molecule has 2 heterocycles. The molecule has 0 spiro atoms. The predicted octanol–water partition coefficient (Wildman–Crippen LogP) is 2.93. The first-order valence-corrected chi connectivity index (χ1v) is 9.34. The van der Waals surface area contributed by atoms with E-state index in [4.69, 9.17) is 9.31 Å². The topological polar surface area (TPSA) is 21.7 Å². The monoisotopic (exact) mass is 319 g/mol. The van der Waals surface area contributed by atoms with Crippen molar-refractivity contribution in [3.8, 4) is 0 Å². The third-order valence-corrected chi connectivity index (χ3v) is 6.31. The van der Waals surface area contributed by atoms with Gasteiger partial charge in [-0.15, -0.1) is 0 Å². The Morgan fingerprint density at radius 2 is 1.68 bits per heavy atom. The van der Waals surface area contributed by atoms with Crippen LogP contribution in [0.15, 0.2) is 24.3 Å². The van der Waals surface area contributed by atoms with Gasteiger partial charge in [-0.25, -0.2) is 0 Å². The van der Waals surface area contributed by atoms with Crippen LogP contribution in [0.1, 0.15) is 34.1 Å².